The quantitative estimate of drug-likeness (QED) is 0.761. The molecule has 0 radical (unpaired) electrons. The van der Waals surface area contributed by atoms with Gasteiger partial charge in [0.15, 0.2) is 5.65 Å². The standard InChI is InChI=1S/C15H16N4O/c1-11-6-5-9-14-17-15(18-19(11)14)16-10-13(20)12-7-3-2-4-8-12/h2-9,13,20H,10H2,1H3,(H,16,18). The van der Waals surface area contributed by atoms with Crippen molar-refractivity contribution in [3.05, 3.63) is 59.8 Å². The lowest BCUT2D eigenvalue weighted by atomic mass is 10.1. The van der Waals surface area contributed by atoms with Crippen LogP contribution in [0.1, 0.15) is 17.4 Å². The van der Waals surface area contributed by atoms with E-state index in [0.717, 1.165) is 16.9 Å². The Morgan fingerprint density at radius 2 is 1.95 bits per heavy atom. The highest BCUT2D eigenvalue weighted by Gasteiger charge is 2.09. The van der Waals surface area contributed by atoms with E-state index in [-0.39, 0.29) is 0 Å². The number of benzene rings is 1. The second kappa shape index (κ2) is 5.30. The minimum Gasteiger partial charge on any atom is -0.387 e. The first-order valence-electron chi connectivity index (χ1n) is 6.53. The van der Waals surface area contributed by atoms with Crippen molar-refractivity contribution in [3.63, 3.8) is 0 Å². The van der Waals surface area contributed by atoms with Crippen molar-refractivity contribution in [1.82, 2.24) is 14.6 Å². The first kappa shape index (κ1) is 12.6. The van der Waals surface area contributed by atoms with Gasteiger partial charge in [-0.15, -0.1) is 5.10 Å². The third-order valence-electron chi connectivity index (χ3n) is 3.19. The van der Waals surface area contributed by atoms with Gasteiger partial charge < -0.3 is 10.4 Å². The summed E-state index contributed by atoms with van der Waals surface area (Å²) in [5.74, 6) is 0.522. The van der Waals surface area contributed by atoms with Crippen molar-refractivity contribution in [2.24, 2.45) is 0 Å². The van der Waals surface area contributed by atoms with Crippen LogP contribution in [0.15, 0.2) is 48.5 Å². The molecular formula is C15H16N4O. The number of nitrogens with zero attached hydrogens (tertiary/aromatic N) is 3. The summed E-state index contributed by atoms with van der Waals surface area (Å²) in [5.41, 5.74) is 2.69. The van der Waals surface area contributed by atoms with Crippen LogP contribution in [0.4, 0.5) is 5.95 Å². The maximum absolute atomic E-state index is 10.1. The van der Waals surface area contributed by atoms with E-state index in [9.17, 15) is 5.11 Å². The molecule has 1 aromatic carbocycles. The molecule has 2 N–H and O–H groups in total. The molecule has 102 valence electrons. The number of aromatic nitrogens is 3. The Morgan fingerprint density at radius 3 is 2.70 bits per heavy atom. The number of aryl methyl sites for hydroxylation is 1. The number of hydrogen-bond acceptors (Lipinski definition) is 4. The van der Waals surface area contributed by atoms with Crippen molar-refractivity contribution < 1.29 is 5.11 Å². The fourth-order valence-corrected chi connectivity index (χ4v) is 2.09. The van der Waals surface area contributed by atoms with Gasteiger partial charge in [-0.05, 0) is 24.6 Å². The van der Waals surface area contributed by atoms with Gasteiger partial charge in [0.25, 0.3) is 0 Å². The van der Waals surface area contributed by atoms with Gasteiger partial charge in [-0.1, -0.05) is 36.4 Å². The maximum atomic E-state index is 10.1. The van der Waals surface area contributed by atoms with E-state index in [1.54, 1.807) is 4.52 Å². The highest BCUT2D eigenvalue weighted by atomic mass is 16.3. The zero-order valence-corrected chi connectivity index (χ0v) is 11.2. The van der Waals surface area contributed by atoms with Crippen LogP contribution >= 0.6 is 0 Å². The molecule has 3 aromatic rings. The molecule has 5 nitrogen and oxygen atoms in total. The molecule has 3 rings (SSSR count). The molecule has 0 saturated carbocycles. The van der Waals surface area contributed by atoms with Gasteiger partial charge in [0.2, 0.25) is 5.95 Å². The number of nitrogens with one attached hydrogen (secondary N) is 1. The summed E-state index contributed by atoms with van der Waals surface area (Å²) < 4.78 is 1.78. The number of hydrogen-bond donors (Lipinski definition) is 2. The lowest BCUT2D eigenvalue weighted by Gasteiger charge is -2.10. The number of pyridine rings is 1. The first-order chi connectivity index (χ1) is 9.74. The molecule has 0 spiro atoms. The summed E-state index contributed by atoms with van der Waals surface area (Å²) >= 11 is 0. The van der Waals surface area contributed by atoms with Gasteiger partial charge in [-0.3, -0.25) is 0 Å². The summed E-state index contributed by atoms with van der Waals surface area (Å²) in [4.78, 5) is 4.37. The average Bonchev–Trinajstić information content (AvgIpc) is 2.90. The third-order valence-corrected chi connectivity index (χ3v) is 3.19. The largest absolute Gasteiger partial charge is 0.387 e. The van der Waals surface area contributed by atoms with Crippen LogP contribution in [0.25, 0.3) is 5.65 Å². The van der Waals surface area contributed by atoms with E-state index in [0.29, 0.717) is 12.5 Å². The molecule has 2 aromatic heterocycles. The minimum atomic E-state index is -0.580. The van der Waals surface area contributed by atoms with Crippen LogP contribution < -0.4 is 5.32 Å². The van der Waals surface area contributed by atoms with E-state index >= 15 is 0 Å². The van der Waals surface area contributed by atoms with Crippen molar-refractivity contribution >= 4 is 11.6 Å². The highest BCUT2D eigenvalue weighted by Crippen LogP contribution is 2.13. The van der Waals surface area contributed by atoms with E-state index in [2.05, 4.69) is 15.4 Å². The molecule has 1 unspecified atom stereocenters. The second-order valence-corrected chi connectivity index (χ2v) is 4.68. The van der Waals surface area contributed by atoms with Crippen molar-refractivity contribution in [2.75, 3.05) is 11.9 Å². The molecule has 0 fully saturated rings. The third kappa shape index (κ3) is 2.48. The zero-order chi connectivity index (χ0) is 13.9. The topological polar surface area (TPSA) is 62.5 Å². The number of aliphatic hydroxyl groups excluding tert-OH is 1. The summed E-state index contributed by atoms with van der Waals surface area (Å²) in [6, 6.07) is 15.4. The normalized spacial score (nSPS) is 12.5. The molecule has 5 heteroatoms. The van der Waals surface area contributed by atoms with Crippen LogP contribution in [0, 0.1) is 6.92 Å². The molecule has 0 aliphatic rings. The molecule has 0 aliphatic heterocycles. The summed E-state index contributed by atoms with van der Waals surface area (Å²) in [6.07, 6.45) is -0.580. The number of fused-ring (bicyclic) bond motifs is 1. The van der Waals surface area contributed by atoms with Crippen LogP contribution in [-0.4, -0.2) is 26.2 Å². The van der Waals surface area contributed by atoms with Gasteiger partial charge in [-0.25, -0.2) is 4.52 Å². The monoisotopic (exact) mass is 268 g/mol. The molecule has 0 bridgehead atoms. The molecule has 2 heterocycles. The Labute approximate surface area is 116 Å². The summed E-state index contributed by atoms with van der Waals surface area (Å²) in [6.45, 7) is 2.35. The number of rotatable bonds is 4. The predicted octanol–water partition coefficient (Wildman–Crippen LogP) is 2.18. The Balaban J connectivity index is 1.72. The number of aliphatic hydroxyl groups is 1. The van der Waals surface area contributed by atoms with Crippen molar-refractivity contribution in [3.8, 4) is 0 Å². The molecular weight excluding hydrogens is 252 g/mol. The summed E-state index contributed by atoms with van der Waals surface area (Å²) in [5, 5.41) is 17.5. The Hall–Kier alpha value is -2.40. The van der Waals surface area contributed by atoms with Crippen molar-refractivity contribution in [1.29, 1.82) is 0 Å². The molecule has 0 amide bonds. The van der Waals surface area contributed by atoms with Crippen LogP contribution in [0.5, 0.6) is 0 Å². The molecule has 1 atom stereocenters. The Bertz CT molecular complexity index is 708. The van der Waals surface area contributed by atoms with Gasteiger partial charge >= 0.3 is 0 Å². The summed E-state index contributed by atoms with van der Waals surface area (Å²) in [7, 11) is 0. The maximum Gasteiger partial charge on any atom is 0.243 e. The van der Waals surface area contributed by atoms with E-state index < -0.39 is 6.10 Å². The molecule has 0 aliphatic carbocycles. The minimum absolute atomic E-state index is 0.375. The van der Waals surface area contributed by atoms with E-state index in [1.165, 1.54) is 0 Å². The second-order valence-electron chi connectivity index (χ2n) is 4.68. The fraction of sp³-hybridized carbons (Fsp3) is 0.200. The van der Waals surface area contributed by atoms with Crippen molar-refractivity contribution in [2.45, 2.75) is 13.0 Å². The lowest BCUT2D eigenvalue weighted by molar-refractivity contribution is 0.191. The molecule has 20 heavy (non-hydrogen) atoms. The zero-order valence-electron chi connectivity index (χ0n) is 11.2. The first-order valence-corrected chi connectivity index (χ1v) is 6.53. The van der Waals surface area contributed by atoms with Crippen LogP contribution in [0.2, 0.25) is 0 Å². The van der Waals surface area contributed by atoms with Crippen LogP contribution in [-0.2, 0) is 0 Å². The van der Waals surface area contributed by atoms with Gasteiger partial charge in [-0.2, -0.15) is 4.98 Å². The smallest absolute Gasteiger partial charge is 0.243 e. The fourth-order valence-electron chi connectivity index (χ4n) is 2.09. The average molecular weight is 268 g/mol. The predicted molar refractivity (Wildman–Crippen MR) is 77.6 cm³/mol. The van der Waals surface area contributed by atoms with Gasteiger partial charge in [0.05, 0.1) is 6.10 Å². The van der Waals surface area contributed by atoms with Gasteiger partial charge in [0.1, 0.15) is 0 Å². The molecule has 0 saturated heterocycles. The van der Waals surface area contributed by atoms with E-state index in [4.69, 9.17) is 0 Å². The lowest BCUT2D eigenvalue weighted by Crippen LogP contribution is -2.13. The van der Waals surface area contributed by atoms with Crippen LogP contribution in [0.3, 0.4) is 0 Å². The van der Waals surface area contributed by atoms with E-state index in [1.807, 2.05) is 55.5 Å². The Morgan fingerprint density at radius 1 is 1.15 bits per heavy atom. The van der Waals surface area contributed by atoms with Gasteiger partial charge in [0, 0.05) is 12.2 Å². The number of anilines is 1. The highest BCUT2D eigenvalue weighted by molar-refractivity contribution is 5.44. The Kier molecular flexibility index (Phi) is 3.35. The SMILES string of the molecule is Cc1cccc2nc(NCC(O)c3ccccc3)nn12.